The van der Waals surface area contributed by atoms with Gasteiger partial charge in [0.25, 0.3) is 0 Å². The first-order chi connectivity index (χ1) is 7.73. The molecule has 0 fully saturated rings. The van der Waals surface area contributed by atoms with Crippen LogP contribution < -0.4 is 4.74 Å². The van der Waals surface area contributed by atoms with Gasteiger partial charge in [0.2, 0.25) is 0 Å². The van der Waals surface area contributed by atoms with Crippen molar-refractivity contribution in [2.45, 2.75) is 24.9 Å². The van der Waals surface area contributed by atoms with Crippen molar-refractivity contribution in [1.82, 2.24) is 0 Å². The van der Waals surface area contributed by atoms with E-state index in [1.54, 1.807) is 14.2 Å². The zero-order valence-electron chi connectivity index (χ0n) is 9.66. The van der Waals surface area contributed by atoms with Gasteiger partial charge in [0.05, 0.1) is 7.11 Å². The minimum Gasteiger partial charge on any atom is -0.497 e. The molecule has 0 aliphatic heterocycles. The van der Waals surface area contributed by atoms with Gasteiger partial charge in [-0.1, -0.05) is 6.07 Å². The zero-order chi connectivity index (χ0) is 11.6. The van der Waals surface area contributed by atoms with Crippen LogP contribution in [0, 0.1) is 0 Å². The first kappa shape index (κ1) is 11.1. The molecular formula is C13H16O3. The molecule has 0 saturated carbocycles. The molecule has 0 aromatic heterocycles. The van der Waals surface area contributed by atoms with Crippen LogP contribution in [-0.2, 0) is 22.4 Å². The molecule has 1 aromatic rings. The Balaban J connectivity index is 2.31. The van der Waals surface area contributed by atoms with E-state index in [-0.39, 0.29) is 0 Å². The lowest BCUT2D eigenvalue weighted by Gasteiger charge is -2.32. The maximum atomic E-state index is 11.1. The van der Waals surface area contributed by atoms with E-state index in [9.17, 15) is 4.79 Å². The number of aldehydes is 1. The van der Waals surface area contributed by atoms with Gasteiger partial charge in [-0.25, -0.2) is 0 Å². The van der Waals surface area contributed by atoms with Crippen LogP contribution in [-0.4, -0.2) is 26.1 Å². The van der Waals surface area contributed by atoms with E-state index in [0.717, 1.165) is 24.9 Å². The molecule has 86 valence electrons. The first-order valence-electron chi connectivity index (χ1n) is 5.40. The van der Waals surface area contributed by atoms with Crippen molar-refractivity contribution >= 4 is 6.29 Å². The smallest absolute Gasteiger partial charge is 0.152 e. The number of aryl methyl sites for hydroxylation is 1. The fraction of sp³-hybridized carbons (Fsp3) is 0.462. The minimum absolute atomic E-state index is 0.623. The van der Waals surface area contributed by atoms with Crippen LogP contribution >= 0.6 is 0 Å². The van der Waals surface area contributed by atoms with Gasteiger partial charge in [-0.2, -0.15) is 0 Å². The summed E-state index contributed by atoms with van der Waals surface area (Å²) in [5.41, 5.74) is 1.82. The minimum atomic E-state index is -0.623. The Morgan fingerprint density at radius 2 is 2.12 bits per heavy atom. The number of ether oxygens (including phenoxy) is 2. The predicted molar refractivity (Wildman–Crippen MR) is 60.8 cm³/mol. The van der Waals surface area contributed by atoms with E-state index in [0.29, 0.717) is 6.42 Å². The van der Waals surface area contributed by atoms with Gasteiger partial charge < -0.3 is 14.3 Å². The summed E-state index contributed by atoms with van der Waals surface area (Å²) in [4.78, 5) is 11.1. The lowest BCUT2D eigenvalue weighted by atomic mass is 9.81. The molecule has 1 unspecified atom stereocenters. The Bertz CT molecular complexity index is 400. The molecule has 3 heteroatoms. The molecule has 0 amide bonds. The molecule has 0 saturated heterocycles. The molecule has 1 atom stereocenters. The summed E-state index contributed by atoms with van der Waals surface area (Å²) in [5, 5.41) is 0. The number of rotatable bonds is 3. The Morgan fingerprint density at radius 3 is 2.75 bits per heavy atom. The summed E-state index contributed by atoms with van der Waals surface area (Å²) in [6, 6.07) is 5.99. The second-order valence-corrected chi connectivity index (χ2v) is 4.20. The molecule has 16 heavy (non-hydrogen) atoms. The molecule has 0 heterocycles. The lowest BCUT2D eigenvalue weighted by molar-refractivity contribution is -0.128. The van der Waals surface area contributed by atoms with Gasteiger partial charge in [-0.05, 0) is 36.1 Å². The van der Waals surface area contributed by atoms with E-state index < -0.39 is 5.60 Å². The van der Waals surface area contributed by atoms with Crippen LogP contribution in [0.5, 0.6) is 5.75 Å². The van der Waals surface area contributed by atoms with E-state index in [1.165, 1.54) is 11.1 Å². The van der Waals surface area contributed by atoms with Crippen LogP contribution in [0.4, 0.5) is 0 Å². The third-order valence-electron chi connectivity index (χ3n) is 3.34. The number of benzene rings is 1. The maximum absolute atomic E-state index is 11.1. The van der Waals surface area contributed by atoms with Gasteiger partial charge in [-0.3, -0.25) is 0 Å². The van der Waals surface area contributed by atoms with E-state index in [4.69, 9.17) is 9.47 Å². The summed E-state index contributed by atoms with van der Waals surface area (Å²) < 4.78 is 10.5. The second-order valence-electron chi connectivity index (χ2n) is 4.20. The third kappa shape index (κ3) is 1.83. The van der Waals surface area contributed by atoms with Crippen LogP contribution in [0.3, 0.4) is 0 Å². The molecular weight excluding hydrogens is 204 g/mol. The predicted octanol–water partition coefficient (Wildman–Crippen LogP) is 1.77. The quantitative estimate of drug-likeness (QED) is 0.728. The summed E-state index contributed by atoms with van der Waals surface area (Å²) in [6.45, 7) is 0. The van der Waals surface area contributed by atoms with Crippen molar-refractivity contribution in [3.05, 3.63) is 29.3 Å². The second kappa shape index (κ2) is 4.26. The van der Waals surface area contributed by atoms with Gasteiger partial charge in [-0.15, -0.1) is 0 Å². The zero-order valence-corrected chi connectivity index (χ0v) is 9.66. The molecule has 3 nitrogen and oxygen atoms in total. The van der Waals surface area contributed by atoms with Crippen molar-refractivity contribution in [3.63, 3.8) is 0 Å². The average Bonchev–Trinajstić information content (AvgIpc) is 2.37. The Labute approximate surface area is 95.4 Å². The summed E-state index contributed by atoms with van der Waals surface area (Å²) in [5.74, 6) is 0.870. The Morgan fingerprint density at radius 1 is 1.31 bits per heavy atom. The number of methoxy groups -OCH3 is 2. The highest BCUT2D eigenvalue weighted by atomic mass is 16.5. The molecule has 1 aromatic carbocycles. The van der Waals surface area contributed by atoms with Gasteiger partial charge >= 0.3 is 0 Å². The van der Waals surface area contributed by atoms with E-state index in [2.05, 4.69) is 0 Å². The maximum Gasteiger partial charge on any atom is 0.152 e. The average molecular weight is 220 g/mol. The van der Waals surface area contributed by atoms with Crippen molar-refractivity contribution in [2.75, 3.05) is 14.2 Å². The molecule has 0 spiro atoms. The molecule has 0 N–H and O–H groups in total. The van der Waals surface area contributed by atoms with Crippen molar-refractivity contribution in [3.8, 4) is 5.75 Å². The molecule has 0 bridgehead atoms. The fourth-order valence-corrected chi connectivity index (χ4v) is 2.21. The number of carbonyl (C=O) groups is 1. The molecule has 0 radical (unpaired) electrons. The summed E-state index contributed by atoms with van der Waals surface area (Å²) >= 11 is 0. The largest absolute Gasteiger partial charge is 0.497 e. The normalized spacial score (nSPS) is 23.6. The van der Waals surface area contributed by atoms with Crippen LogP contribution in [0.2, 0.25) is 0 Å². The Hall–Kier alpha value is -1.35. The highest BCUT2D eigenvalue weighted by Gasteiger charge is 2.34. The highest BCUT2D eigenvalue weighted by molar-refractivity contribution is 5.65. The number of carbonyl (C=O) groups excluding carboxylic acids is 1. The number of hydrogen-bond donors (Lipinski definition) is 0. The first-order valence-corrected chi connectivity index (χ1v) is 5.40. The lowest BCUT2D eigenvalue weighted by Crippen LogP contribution is -2.39. The monoisotopic (exact) mass is 220 g/mol. The van der Waals surface area contributed by atoms with Gasteiger partial charge in [0.1, 0.15) is 11.4 Å². The number of fused-ring (bicyclic) bond motifs is 1. The summed E-state index contributed by atoms with van der Waals surface area (Å²) in [6.07, 6.45) is 3.19. The van der Waals surface area contributed by atoms with Crippen molar-refractivity contribution in [2.24, 2.45) is 0 Å². The van der Waals surface area contributed by atoms with Crippen molar-refractivity contribution in [1.29, 1.82) is 0 Å². The van der Waals surface area contributed by atoms with Gasteiger partial charge in [0, 0.05) is 13.5 Å². The SMILES string of the molecule is COc1ccc2c(c1)CCC(C=O)(OC)C2. The number of hydrogen-bond acceptors (Lipinski definition) is 3. The molecule has 1 aliphatic carbocycles. The summed E-state index contributed by atoms with van der Waals surface area (Å²) in [7, 11) is 3.26. The molecule has 2 rings (SSSR count). The van der Waals surface area contributed by atoms with E-state index in [1.807, 2.05) is 18.2 Å². The standard InChI is InChI=1S/C13H16O3/c1-15-12-4-3-11-8-13(9-14,16-2)6-5-10(11)7-12/h3-4,7,9H,5-6,8H2,1-2H3. The van der Waals surface area contributed by atoms with Crippen LogP contribution in [0.15, 0.2) is 18.2 Å². The van der Waals surface area contributed by atoms with Crippen LogP contribution in [0.1, 0.15) is 17.5 Å². The Kier molecular flexibility index (Phi) is 2.97. The van der Waals surface area contributed by atoms with Crippen molar-refractivity contribution < 1.29 is 14.3 Å². The molecule has 1 aliphatic rings. The fourth-order valence-electron chi connectivity index (χ4n) is 2.21. The van der Waals surface area contributed by atoms with E-state index >= 15 is 0 Å². The van der Waals surface area contributed by atoms with Gasteiger partial charge in [0.15, 0.2) is 6.29 Å². The highest BCUT2D eigenvalue weighted by Crippen LogP contribution is 2.31. The topological polar surface area (TPSA) is 35.5 Å². The third-order valence-corrected chi connectivity index (χ3v) is 3.34. The van der Waals surface area contributed by atoms with Crippen LogP contribution in [0.25, 0.3) is 0 Å².